The van der Waals surface area contributed by atoms with Crippen molar-refractivity contribution in [2.24, 2.45) is 0 Å². The van der Waals surface area contributed by atoms with Crippen LogP contribution >= 0.6 is 0 Å². The van der Waals surface area contributed by atoms with Crippen LogP contribution in [0.3, 0.4) is 0 Å². The molecule has 2 aromatic rings. The van der Waals surface area contributed by atoms with Gasteiger partial charge in [-0.1, -0.05) is 13.8 Å². The summed E-state index contributed by atoms with van der Waals surface area (Å²) in [7, 11) is -1.91. The number of rotatable bonds is 3. The van der Waals surface area contributed by atoms with Gasteiger partial charge in [0.05, 0.1) is 23.3 Å². The van der Waals surface area contributed by atoms with Gasteiger partial charge in [0.15, 0.2) is 14.9 Å². The smallest absolute Gasteiger partial charge is 0.358 e. The van der Waals surface area contributed by atoms with Gasteiger partial charge in [-0.05, 0) is 18.9 Å². The van der Waals surface area contributed by atoms with Crippen molar-refractivity contribution in [3.8, 4) is 0 Å². The number of fused-ring (bicyclic) bond motifs is 2. The van der Waals surface area contributed by atoms with E-state index in [4.69, 9.17) is 0 Å². The lowest BCUT2D eigenvalue weighted by Crippen LogP contribution is -2.26. The van der Waals surface area contributed by atoms with E-state index in [2.05, 4.69) is 15.3 Å². The number of nitrogens with zero attached hydrogens (tertiary/aromatic N) is 4. The molecule has 0 amide bonds. The van der Waals surface area contributed by atoms with E-state index in [1.807, 2.05) is 6.92 Å². The van der Waals surface area contributed by atoms with Gasteiger partial charge < -0.3 is 14.8 Å². The van der Waals surface area contributed by atoms with Crippen molar-refractivity contribution in [2.45, 2.75) is 56.5 Å². The maximum Gasteiger partial charge on any atom is 0.433 e. The molecule has 4 heterocycles. The van der Waals surface area contributed by atoms with Gasteiger partial charge in [0.1, 0.15) is 23.4 Å². The van der Waals surface area contributed by atoms with Crippen LogP contribution in [-0.4, -0.2) is 35.8 Å². The summed E-state index contributed by atoms with van der Waals surface area (Å²) >= 11 is 0. The lowest BCUT2D eigenvalue weighted by atomic mass is 10.0. The average Bonchev–Trinajstić information content (AvgIpc) is 3.20. The molecule has 2 aliphatic rings. The molecule has 2 aliphatic heterocycles. The molecule has 0 aromatic carbocycles. The maximum atomic E-state index is 13.0. The average molecular weight is 429 g/mol. The molecule has 0 aliphatic carbocycles. The van der Waals surface area contributed by atoms with Crippen molar-refractivity contribution >= 4 is 21.2 Å². The summed E-state index contributed by atoms with van der Waals surface area (Å²) in [6, 6.07) is 0.943. The summed E-state index contributed by atoms with van der Waals surface area (Å²) in [5, 5.41) is 3.17. The maximum absolute atomic E-state index is 13.0. The molecular formula is C18H22F3N5O2S. The zero-order valence-electron chi connectivity index (χ0n) is 16.3. The number of pyridine rings is 1. The van der Waals surface area contributed by atoms with Crippen LogP contribution in [0.4, 0.5) is 24.5 Å². The van der Waals surface area contributed by atoms with Crippen LogP contribution in [0.2, 0.25) is 0 Å². The number of hydrogen-bond acceptors (Lipinski definition) is 6. The highest BCUT2D eigenvalue weighted by Crippen LogP contribution is 2.44. The first-order valence-electron chi connectivity index (χ1n) is 9.44. The Balaban J connectivity index is 1.83. The van der Waals surface area contributed by atoms with E-state index in [1.165, 1.54) is 0 Å². The molecule has 0 saturated carbocycles. The van der Waals surface area contributed by atoms with Crippen molar-refractivity contribution in [3.05, 3.63) is 29.5 Å². The lowest BCUT2D eigenvalue weighted by Gasteiger charge is -2.22. The zero-order chi connectivity index (χ0) is 21.1. The Morgan fingerprint density at radius 1 is 1.34 bits per heavy atom. The zero-order valence-corrected chi connectivity index (χ0v) is 17.1. The summed E-state index contributed by atoms with van der Waals surface area (Å²) in [5.41, 5.74) is 0.0281. The summed E-state index contributed by atoms with van der Waals surface area (Å²) in [5.74, 6) is 0.734. The highest BCUT2D eigenvalue weighted by atomic mass is 32.2. The number of halogens is 3. The van der Waals surface area contributed by atoms with Crippen LogP contribution in [0.1, 0.15) is 56.0 Å². The van der Waals surface area contributed by atoms with Crippen molar-refractivity contribution in [2.75, 3.05) is 23.0 Å². The summed E-state index contributed by atoms with van der Waals surface area (Å²) < 4.78 is 66.7. The number of imidazole rings is 1. The second kappa shape index (κ2) is 6.61. The third-order valence-electron chi connectivity index (χ3n) is 5.60. The van der Waals surface area contributed by atoms with E-state index in [-0.39, 0.29) is 22.4 Å². The van der Waals surface area contributed by atoms with Gasteiger partial charge in [-0.2, -0.15) is 13.2 Å². The number of anilines is 2. The second-order valence-corrected chi connectivity index (χ2v) is 9.69. The van der Waals surface area contributed by atoms with E-state index in [9.17, 15) is 21.6 Å². The quantitative estimate of drug-likeness (QED) is 0.804. The van der Waals surface area contributed by atoms with Crippen LogP contribution in [0, 0.1) is 0 Å². The van der Waals surface area contributed by atoms with Crippen LogP contribution < -0.4 is 10.2 Å². The molecule has 29 heavy (non-hydrogen) atoms. The predicted molar refractivity (Wildman–Crippen MR) is 102 cm³/mol. The Bertz CT molecular complexity index is 1060. The molecule has 2 atom stereocenters. The summed E-state index contributed by atoms with van der Waals surface area (Å²) in [6.45, 7) is 4.14. The van der Waals surface area contributed by atoms with Crippen molar-refractivity contribution in [3.63, 3.8) is 0 Å². The largest absolute Gasteiger partial charge is 0.433 e. The Morgan fingerprint density at radius 3 is 2.72 bits per heavy atom. The molecule has 2 aromatic heterocycles. The second-order valence-electron chi connectivity index (χ2n) is 7.50. The first-order valence-corrected chi connectivity index (χ1v) is 11.1. The van der Waals surface area contributed by atoms with Gasteiger partial charge in [-0.25, -0.2) is 18.4 Å². The molecule has 1 N–H and O–H groups in total. The minimum Gasteiger partial charge on any atom is -0.358 e. The van der Waals surface area contributed by atoms with Crippen molar-refractivity contribution in [1.29, 1.82) is 0 Å². The standard InChI is InChI=1S/C18H22F3N5O2S/c1-4-29(27,28)17-14(24-15-10(2)6-5-7-26(15)17)16-23-11-8-13(18(19,20)21)22-9-12(11)25(16)3/h8-10,16,23H,4-7H2,1-3H3. The van der Waals surface area contributed by atoms with Crippen LogP contribution in [0.25, 0.3) is 0 Å². The molecule has 4 rings (SSSR count). The third-order valence-corrected chi connectivity index (χ3v) is 7.38. The number of aromatic nitrogens is 3. The molecule has 7 nitrogen and oxygen atoms in total. The fourth-order valence-corrected chi connectivity index (χ4v) is 5.30. The molecule has 0 fully saturated rings. The van der Waals surface area contributed by atoms with Gasteiger partial charge in [-0.3, -0.25) is 0 Å². The van der Waals surface area contributed by atoms with Gasteiger partial charge in [-0.15, -0.1) is 0 Å². The molecule has 0 spiro atoms. The Kier molecular flexibility index (Phi) is 4.56. The molecule has 0 bridgehead atoms. The van der Waals surface area contributed by atoms with E-state index < -0.39 is 27.9 Å². The number of alkyl halides is 3. The monoisotopic (exact) mass is 429 g/mol. The normalized spacial score (nSPS) is 21.7. The van der Waals surface area contributed by atoms with E-state index in [1.54, 1.807) is 23.4 Å². The van der Waals surface area contributed by atoms with Gasteiger partial charge in [0.25, 0.3) is 0 Å². The Morgan fingerprint density at radius 2 is 2.07 bits per heavy atom. The Labute approximate surface area is 166 Å². The number of sulfone groups is 1. The Hall–Kier alpha value is -2.30. The minimum atomic E-state index is -4.56. The summed E-state index contributed by atoms with van der Waals surface area (Å²) in [6.07, 6.45) is -2.35. The number of hydrogen-bond donors (Lipinski definition) is 1. The number of nitrogens with one attached hydrogen (secondary N) is 1. The van der Waals surface area contributed by atoms with Crippen LogP contribution in [-0.2, 0) is 22.6 Å². The predicted octanol–water partition coefficient (Wildman–Crippen LogP) is 3.55. The molecule has 158 valence electrons. The first kappa shape index (κ1) is 20.0. The van der Waals surface area contributed by atoms with Gasteiger partial charge in [0.2, 0.25) is 0 Å². The molecule has 0 radical (unpaired) electrons. The van der Waals surface area contributed by atoms with E-state index >= 15 is 0 Å². The summed E-state index contributed by atoms with van der Waals surface area (Å²) in [4.78, 5) is 9.86. The molecule has 2 unspecified atom stereocenters. The topological polar surface area (TPSA) is 80.1 Å². The molecule has 11 heteroatoms. The molecule has 0 saturated heterocycles. The van der Waals surface area contributed by atoms with Gasteiger partial charge >= 0.3 is 6.18 Å². The highest BCUT2D eigenvalue weighted by Gasteiger charge is 2.40. The third kappa shape index (κ3) is 3.15. The van der Waals surface area contributed by atoms with Crippen LogP contribution in [0.15, 0.2) is 17.3 Å². The lowest BCUT2D eigenvalue weighted by molar-refractivity contribution is -0.141. The SMILES string of the molecule is CCS(=O)(=O)c1c(C2Nc3cc(C(F)(F)F)ncc3N2C)nc2n1CCCC2C. The fraction of sp³-hybridized carbons (Fsp3) is 0.556. The first-order chi connectivity index (χ1) is 13.5. The van der Waals surface area contributed by atoms with Crippen LogP contribution in [0.5, 0.6) is 0 Å². The highest BCUT2D eigenvalue weighted by molar-refractivity contribution is 7.91. The fourth-order valence-electron chi connectivity index (χ4n) is 4.03. The van der Waals surface area contributed by atoms with Crippen molar-refractivity contribution in [1.82, 2.24) is 14.5 Å². The van der Waals surface area contributed by atoms with Gasteiger partial charge in [0, 0.05) is 19.5 Å². The van der Waals surface area contributed by atoms with E-state index in [0.29, 0.717) is 23.8 Å². The minimum absolute atomic E-state index is 0.0807. The molecular weight excluding hydrogens is 407 g/mol. The van der Waals surface area contributed by atoms with Crippen molar-refractivity contribution < 1.29 is 21.6 Å². The van der Waals surface area contributed by atoms with E-state index in [0.717, 1.165) is 25.1 Å².